The van der Waals surface area contributed by atoms with Crippen molar-refractivity contribution in [1.82, 2.24) is 0 Å². The number of amides is 1. The van der Waals surface area contributed by atoms with Gasteiger partial charge >= 0.3 is 6.18 Å². The van der Waals surface area contributed by atoms with E-state index >= 15 is 0 Å². The summed E-state index contributed by atoms with van der Waals surface area (Å²) in [5, 5.41) is 2.53. The van der Waals surface area contributed by atoms with Gasteiger partial charge in [-0.2, -0.15) is 13.2 Å². The van der Waals surface area contributed by atoms with Gasteiger partial charge in [0.05, 0.1) is 11.4 Å². The molecule has 0 bridgehead atoms. The van der Waals surface area contributed by atoms with Gasteiger partial charge in [-0.25, -0.2) is 0 Å². The molecule has 8 heteroatoms. The van der Waals surface area contributed by atoms with Crippen molar-refractivity contribution >= 4 is 39.3 Å². The third kappa shape index (κ3) is 4.82. The number of nitrogens with one attached hydrogen (secondary N) is 1. The molecule has 1 amide bonds. The summed E-state index contributed by atoms with van der Waals surface area (Å²) in [6.45, 7) is 0. The van der Waals surface area contributed by atoms with Gasteiger partial charge in [0.2, 0.25) is 0 Å². The Kier molecular flexibility index (Phi) is 5.00. The Hall–Kier alpha value is -1.41. The van der Waals surface area contributed by atoms with Crippen molar-refractivity contribution in [3.63, 3.8) is 0 Å². The molecule has 112 valence electrons. The van der Waals surface area contributed by atoms with Gasteiger partial charge in [0.1, 0.15) is 0 Å². The Morgan fingerprint density at radius 1 is 1.24 bits per heavy atom. The smallest absolute Gasteiger partial charge is 0.398 e. The fourth-order valence-electron chi connectivity index (χ4n) is 1.48. The largest absolute Gasteiger partial charge is 0.444 e. The van der Waals surface area contributed by atoms with Gasteiger partial charge < -0.3 is 9.73 Å². The van der Waals surface area contributed by atoms with Crippen LogP contribution in [0.1, 0.15) is 10.6 Å². The SMILES string of the molecule is O=C(Nc1ccccc1SCC(F)(F)F)c1ccc(Br)o1. The van der Waals surface area contributed by atoms with Gasteiger partial charge in [0.15, 0.2) is 10.4 Å². The van der Waals surface area contributed by atoms with E-state index in [0.29, 0.717) is 27.0 Å². The first-order valence-electron chi connectivity index (χ1n) is 5.70. The van der Waals surface area contributed by atoms with Crippen LogP contribution in [-0.4, -0.2) is 17.8 Å². The highest BCUT2D eigenvalue weighted by atomic mass is 79.9. The van der Waals surface area contributed by atoms with Crippen molar-refractivity contribution in [2.75, 3.05) is 11.1 Å². The van der Waals surface area contributed by atoms with Gasteiger partial charge in [-0.15, -0.1) is 11.8 Å². The average Bonchev–Trinajstić information content (AvgIpc) is 2.83. The molecule has 1 aromatic carbocycles. The second-order valence-corrected chi connectivity index (χ2v) is 5.76. The summed E-state index contributed by atoms with van der Waals surface area (Å²) in [5.41, 5.74) is 0.310. The minimum Gasteiger partial charge on any atom is -0.444 e. The zero-order valence-corrected chi connectivity index (χ0v) is 12.8. The first-order valence-corrected chi connectivity index (χ1v) is 7.48. The maximum absolute atomic E-state index is 12.3. The molecule has 0 fully saturated rings. The summed E-state index contributed by atoms with van der Waals surface area (Å²) in [6.07, 6.45) is -4.27. The highest BCUT2D eigenvalue weighted by molar-refractivity contribution is 9.10. The lowest BCUT2D eigenvalue weighted by Crippen LogP contribution is -2.13. The van der Waals surface area contributed by atoms with E-state index in [0.717, 1.165) is 0 Å². The first-order chi connectivity index (χ1) is 9.85. The summed E-state index contributed by atoms with van der Waals surface area (Å²) < 4.78 is 42.3. The standard InChI is InChI=1S/C13H9BrF3NO2S/c14-11-6-5-9(20-11)12(19)18-8-3-1-2-4-10(8)21-7-13(15,16)17/h1-6H,7H2,(H,18,19). The van der Waals surface area contributed by atoms with E-state index in [-0.39, 0.29) is 5.76 Å². The van der Waals surface area contributed by atoms with E-state index in [1.165, 1.54) is 18.2 Å². The van der Waals surface area contributed by atoms with Gasteiger partial charge in [-0.05, 0) is 40.2 Å². The van der Waals surface area contributed by atoms with E-state index in [2.05, 4.69) is 21.2 Å². The molecule has 1 heterocycles. The number of benzene rings is 1. The van der Waals surface area contributed by atoms with Crippen molar-refractivity contribution in [3.05, 3.63) is 46.8 Å². The van der Waals surface area contributed by atoms with Crippen LogP contribution in [0.25, 0.3) is 0 Å². The zero-order valence-electron chi connectivity index (χ0n) is 10.4. The van der Waals surface area contributed by atoms with Crippen LogP contribution in [0.2, 0.25) is 0 Å². The van der Waals surface area contributed by atoms with Gasteiger partial charge in [0, 0.05) is 4.90 Å². The normalized spacial score (nSPS) is 11.4. The molecule has 0 saturated heterocycles. The Morgan fingerprint density at radius 3 is 2.57 bits per heavy atom. The van der Waals surface area contributed by atoms with Crippen LogP contribution in [0.5, 0.6) is 0 Å². The molecule has 0 aliphatic heterocycles. The lowest BCUT2D eigenvalue weighted by molar-refractivity contribution is -0.105. The third-order valence-electron chi connectivity index (χ3n) is 2.32. The van der Waals surface area contributed by atoms with Crippen molar-refractivity contribution in [2.45, 2.75) is 11.1 Å². The quantitative estimate of drug-likeness (QED) is 0.764. The predicted octanol–water partition coefficient (Wildman–Crippen LogP) is 4.95. The molecule has 0 saturated carbocycles. The summed E-state index contributed by atoms with van der Waals surface area (Å²) in [6, 6.07) is 9.31. The highest BCUT2D eigenvalue weighted by Crippen LogP contribution is 2.32. The topological polar surface area (TPSA) is 42.2 Å². The molecule has 0 radical (unpaired) electrons. The minimum atomic E-state index is -4.27. The monoisotopic (exact) mass is 379 g/mol. The molecule has 21 heavy (non-hydrogen) atoms. The molecule has 1 N–H and O–H groups in total. The molecular weight excluding hydrogens is 371 g/mol. The Bertz CT molecular complexity index is 642. The number of hydrogen-bond donors (Lipinski definition) is 1. The number of hydrogen-bond acceptors (Lipinski definition) is 3. The second kappa shape index (κ2) is 6.57. The third-order valence-corrected chi connectivity index (χ3v) is 3.89. The number of halogens is 4. The lowest BCUT2D eigenvalue weighted by Gasteiger charge is -2.11. The summed E-state index contributed by atoms with van der Waals surface area (Å²) in [5.74, 6) is -1.48. The van der Waals surface area contributed by atoms with E-state index < -0.39 is 17.8 Å². The van der Waals surface area contributed by atoms with Crippen LogP contribution in [0.15, 0.2) is 50.4 Å². The molecule has 0 unspecified atom stereocenters. The van der Waals surface area contributed by atoms with Crippen LogP contribution in [0.3, 0.4) is 0 Å². The number of para-hydroxylation sites is 1. The average molecular weight is 380 g/mol. The Balaban J connectivity index is 2.11. The van der Waals surface area contributed by atoms with Crippen molar-refractivity contribution < 1.29 is 22.4 Å². The number of rotatable bonds is 4. The fourth-order valence-corrected chi connectivity index (χ4v) is 2.55. The van der Waals surface area contributed by atoms with E-state index in [9.17, 15) is 18.0 Å². The fraction of sp³-hybridized carbons (Fsp3) is 0.154. The molecule has 1 aromatic heterocycles. The van der Waals surface area contributed by atoms with Gasteiger partial charge in [-0.3, -0.25) is 4.79 Å². The van der Waals surface area contributed by atoms with Gasteiger partial charge in [-0.1, -0.05) is 12.1 Å². The maximum Gasteiger partial charge on any atom is 0.398 e. The molecule has 0 aliphatic carbocycles. The Labute approximate surface area is 131 Å². The second-order valence-electron chi connectivity index (χ2n) is 3.96. The van der Waals surface area contributed by atoms with E-state index in [4.69, 9.17) is 4.42 Å². The summed E-state index contributed by atoms with van der Waals surface area (Å²) >= 11 is 3.69. The van der Waals surface area contributed by atoms with Crippen LogP contribution in [-0.2, 0) is 0 Å². The van der Waals surface area contributed by atoms with E-state index in [1.807, 2.05) is 0 Å². The number of thioether (sulfide) groups is 1. The minimum absolute atomic E-state index is 0.0671. The molecule has 0 atom stereocenters. The van der Waals surface area contributed by atoms with Gasteiger partial charge in [0.25, 0.3) is 5.91 Å². The summed E-state index contributed by atoms with van der Waals surface area (Å²) in [7, 11) is 0. The lowest BCUT2D eigenvalue weighted by atomic mass is 10.3. The summed E-state index contributed by atoms with van der Waals surface area (Å²) in [4.78, 5) is 12.3. The number of furan rings is 1. The maximum atomic E-state index is 12.3. The molecule has 2 rings (SSSR count). The van der Waals surface area contributed by atoms with Crippen molar-refractivity contribution in [3.8, 4) is 0 Å². The van der Waals surface area contributed by atoms with E-state index in [1.54, 1.807) is 18.2 Å². The van der Waals surface area contributed by atoms with Crippen LogP contribution in [0.4, 0.5) is 18.9 Å². The van der Waals surface area contributed by atoms with Crippen LogP contribution in [0, 0.1) is 0 Å². The molecule has 0 aliphatic rings. The van der Waals surface area contributed by atoms with Crippen molar-refractivity contribution in [2.24, 2.45) is 0 Å². The number of carbonyl (C=O) groups excluding carboxylic acids is 1. The molecule has 3 nitrogen and oxygen atoms in total. The Morgan fingerprint density at radius 2 is 1.95 bits per heavy atom. The molecular formula is C13H9BrF3NO2S. The zero-order chi connectivity index (χ0) is 15.5. The van der Waals surface area contributed by atoms with Crippen LogP contribution >= 0.6 is 27.7 Å². The predicted molar refractivity (Wildman–Crippen MR) is 77.6 cm³/mol. The molecule has 2 aromatic rings. The highest BCUT2D eigenvalue weighted by Gasteiger charge is 2.27. The number of anilines is 1. The number of carbonyl (C=O) groups is 1. The first kappa shape index (κ1) is 16.0. The number of alkyl halides is 3. The molecule has 0 spiro atoms. The van der Waals surface area contributed by atoms with Crippen LogP contribution < -0.4 is 5.32 Å². The van der Waals surface area contributed by atoms with Crippen molar-refractivity contribution in [1.29, 1.82) is 0 Å².